The van der Waals surface area contributed by atoms with Gasteiger partial charge < -0.3 is 9.84 Å². The number of benzene rings is 1. The smallest absolute Gasteiger partial charge is 0.246 e. The lowest BCUT2D eigenvalue weighted by Gasteiger charge is -2.02. The van der Waals surface area contributed by atoms with Gasteiger partial charge in [-0.15, -0.1) is 0 Å². The van der Waals surface area contributed by atoms with Gasteiger partial charge in [0.05, 0.1) is 6.54 Å². The molecule has 0 saturated heterocycles. The molecule has 5 nitrogen and oxygen atoms in total. The summed E-state index contributed by atoms with van der Waals surface area (Å²) in [5.74, 6) is 1.07. The monoisotopic (exact) mass is 300 g/mol. The SMILES string of the molecule is Cc1ccncc1-c1noc(CNc2ccc(Cl)cc2)n1. The van der Waals surface area contributed by atoms with Crippen LogP contribution in [0.2, 0.25) is 5.02 Å². The Kier molecular flexibility index (Phi) is 3.83. The van der Waals surface area contributed by atoms with Gasteiger partial charge in [-0.25, -0.2) is 0 Å². The van der Waals surface area contributed by atoms with E-state index < -0.39 is 0 Å². The number of pyridine rings is 1. The molecule has 1 aromatic carbocycles. The third-order valence-electron chi connectivity index (χ3n) is 3.04. The van der Waals surface area contributed by atoms with E-state index in [-0.39, 0.29) is 0 Å². The molecule has 106 valence electrons. The molecule has 0 unspecified atom stereocenters. The average molecular weight is 301 g/mol. The van der Waals surface area contributed by atoms with Gasteiger partial charge in [-0.1, -0.05) is 16.8 Å². The van der Waals surface area contributed by atoms with Crippen LogP contribution in [0.25, 0.3) is 11.4 Å². The van der Waals surface area contributed by atoms with Crippen LogP contribution in [-0.2, 0) is 6.54 Å². The topological polar surface area (TPSA) is 63.8 Å². The fraction of sp³-hybridized carbons (Fsp3) is 0.133. The molecule has 0 atom stereocenters. The van der Waals surface area contributed by atoms with Gasteiger partial charge in [0.2, 0.25) is 11.7 Å². The zero-order valence-corrected chi connectivity index (χ0v) is 12.1. The van der Waals surface area contributed by atoms with Gasteiger partial charge in [-0.3, -0.25) is 4.98 Å². The van der Waals surface area contributed by atoms with E-state index in [4.69, 9.17) is 16.1 Å². The molecule has 0 aliphatic carbocycles. The number of rotatable bonds is 4. The van der Waals surface area contributed by atoms with E-state index >= 15 is 0 Å². The minimum atomic E-state index is 0.452. The Hall–Kier alpha value is -2.40. The van der Waals surface area contributed by atoms with E-state index in [9.17, 15) is 0 Å². The van der Waals surface area contributed by atoms with E-state index in [1.54, 1.807) is 12.4 Å². The van der Waals surface area contributed by atoms with Gasteiger partial charge in [0, 0.05) is 28.7 Å². The molecule has 3 aromatic rings. The highest BCUT2D eigenvalue weighted by molar-refractivity contribution is 6.30. The number of aromatic nitrogens is 3. The first-order valence-electron chi connectivity index (χ1n) is 6.45. The molecule has 0 saturated carbocycles. The van der Waals surface area contributed by atoms with Crippen LogP contribution in [-0.4, -0.2) is 15.1 Å². The summed E-state index contributed by atoms with van der Waals surface area (Å²) in [6, 6.07) is 9.34. The lowest BCUT2D eigenvalue weighted by Crippen LogP contribution is -1.99. The summed E-state index contributed by atoms with van der Waals surface area (Å²) in [6.45, 7) is 2.44. The van der Waals surface area contributed by atoms with Crippen LogP contribution in [0.4, 0.5) is 5.69 Å². The number of hydrogen-bond acceptors (Lipinski definition) is 5. The highest BCUT2D eigenvalue weighted by Crippen LogP contribution is 2.19. The van der Waals surface area contributed by atoms with Gasteiger partial charge in [-0.2, -0.15) is 4.98 Å². The summed E-state index contributed by atoms with van der Waals surface area (Å²) in [5.41, 5.74) is 2.87. The molecule has 0 aliphatic rings. The van der Waals surface area contributed by atoms with E-state index in [0.29, 0.717) is 23.3 Å². The molecule has 21 heavy (non-hydrogen) atoms. The van der Waals surface area contributed by atoms with Crippen molar-refractivity contribution >= 4 is 17.3 Å². The van der Waals surface area contributed by atoms with Crippen LogP contribution < -0.4 is 5.32 Å². The summed E-state index contributed by atoms with van der Waals surface area (Å²) in [7, 11) is 0. The Morgan fingerprint density at radius 1 is 1.19 bits per heavy atom. The Balaban J connectivity index is 1.71. The highest BCUT2D eigenvalue weighted by Gasteiger charge is 2.10. The van der Waals surface area contributed by atoms with Gasteiger partial charge in [0.1, 0.15) is 0 Å². The molecule has 0 fully saturated rings. The number of anilines is 1. The van der Waals surface area contributed by atoms with Crippen molar-refractivity contribution in [3.63, 3.8) is 0 Å². The van der Waals surface area contributed by atoms with Crippen molar-refractivity contribution in [2.45, 2.75) is 13.5 Å². The first-order valence-corrected chi connectivity index (χ1v) is 6.83. The third-order valence-corrected chi connectivity index (χ3v) is 3.29. The lowest BCUT2D eigenvalue weighted by atomic mass is 10.1. The first kappa shape index (κ1) is 13.6. The quantitative estimate of drug-likeness (QED) is 0.796. The van der Waals surface area contributed by atoms with Crippen LogP contribution in [0.15, 0.2) is 47.2 Å². The van der Waals surface area contributed by atoms with E-state index in [2.05, 4.69) is 20.4 Å². The molecule has 3 rings (SSSR count). The summed E-state index contributed by atoms with van der Waals surface area (Å²) in [4.78, 5) is 8.45. The molecular weight excluding hydrogens is 288 g/mol. The molecule has 2 heterocycles. The number of nitrogens with zero attached hydrogens (tertiary/aromatic N) is 3. The molecule has 6 heteroatoms. The second kappa shape index (κ2) is 5.93. The summed E-state index contributed by atoms with van der Waals surface area (Å²) < 4.78 is 5.24. The van der Waals surface area contributed by atoms with Crippen molar-refractivity contribution in [1.82, 2.24) is 15.1 Å². The largest absolute Gasteiger partial charge is 0.376 e. The summed E-state index contributed by atoms with van der Waals surface area (Å²) >= 11 is 5.84. The first-order chi connectivity index (χ1) is 10.2. The summed E-state index contributed by atoms with van der Waals surface area (Å²) in [6.07, 6.45) is 3.47. The Labute approximate surface area is 127 Å². The van der Waals surface area contributed by atoms with Crippen LogP contribution in [0.5, 0.6) is 0 Å². The molecule has 1 N–H and O–H groups in total. The van der Waals surface area contributed by atoms with Crippen LogP contribution in [0.3, 0.4) is 0 Å². The number of halogens is 1. The van der Waals surface area contributed by atoms with Gasteiger partial charge in [0.25, 0.3) is 0 Å². The normalized spacial score (nSPS) is 10.6. The maximum Gasteiger partial charge on any atom is 0.246 e. The standard InChI is InChI=1S/C15H13ClN4O/c1-10-6-7-17-8-13(10)15-19-14(21-20-15)9-18-12-4-2-11(16)3-5-12/h2-8,18H,9H2,1H3. The Morgan fingerprint density at radius 3 is 2.76 bits per heavy atom. The lowest BCUT2D eigenvalue weighted by molar-refractivity contribution is 0.384. The van der Waals surface area contributed by atoms with Crippen molar-refractivity contribution in [2.24, 2.45) is 0 Å². The van der Waals surface area contributed by atoms with Crippen molar-refractivity contribution in [1.29, 1.82) is 0 Å². The van der Waals surface area contributed by atoms with Gasteiger partial charge >= 0.3 is 0 Å². The van der Waals surface area contributed by atoms with Crippen molar-refractivity contribution < 1.29 is 4.52 Å². The summed E-state index contributed by atoms with van der Waals surface area (Å²) in [5, 5.41) is 7.89. The van der Waals surface area contributed by atoms with E-state index in [1.165, 1.54) is 0 Å². The molecule has 0 radical (unpaired) electrons. The second-order valence-corrected chi connectivity index (χ2v) is 5.00. The minimum Gasteiger partial charge on any atom is -0.376 e. The van der Waals surface area contributed by atoms with Crippen LogP contribution >= 0.6 is 11.6 Å². The number of nitrogens with one attached hydrogen (secondary N) is 1. The fourth-order valence-corrected chi connectivity index (χ4v) is 2.01. The average Bonchev–Trinajstić information content (AvgIpc) is 2.96. The Bertz CT molecular complexity index is 739. The van der Waals surface area contributed by atoms with Crippen molar-refractivity contribution in [2.75, 3.05) is 5.32 Å². The maximum atomic E-state index is 5.84. The molecule has 0 amide bonds. The Morgan fingerprint density at radius 2 is 2.00 bits per heavy atom. The molecular formula is C15H13ClN4O. The predicted molar refractivity (Wildman–Crippen MR) is 81.0 cm³/mol. The molecule has 2 aromatic heterocycles. The molecule has 0 bridgehead atoms. The predicted octanol–water partition coefficient (Wildman–Crippen LogP) is 3.71. The zero-order valence-electron chi connectivity index (χ0n) is 11.4. The van der Waals surface area contributed by atoms with Gasteiger partial charge in [-0.05, 0) is 42.8 Å². The second-order valence-electron chi connectivity index (χ2n) is 4.56. The fourth-order valence-electron chi connectivity index (χ4n) is 1.88. The van der Waals surface area contributed by atoms with E-state index in [0.717, 1.165) is 16.8 Å². The third kappa shape index (κ3) is 3.20. The van der Waals surface area contributed by atoms with Gasteiger partial charge in [0.15, 0.2) is 0 Å². The number of hydrogen-bond donors (Lipinski definition) is 1. The van der Waals surface area contributed by atoms with Crippen molar-refractivity contribution in [3.8, 4) is 11.4 Å². The molecule has 0 aliphatic heterocycles. The van der Waals surface area contributed by atoms with Crippen LogP contribution in [0.1, 0.15) is 11.5 Å². The minimum absolute atomic E-state index is 0.452. The maximum absolute atomic E-state index is 5.84. The number of aryl methyl sites for hydroxylation is 1. The zero-order chi connectivity index (χ0) is 14.7. The van der Waals surface area contributed by atoms with Crippen molar-refractivity contribution in [3.05, 3.63) is 59.2 Å². The van der Waals surface area contributed by atoms with Crippen LogP contribution in [0, 0.1) is 6.92 Å². The van der Waals surface area contributed by atoms with E-state index in [1.807, 2.05) is 37.3 Å². The molecule has 0 spiro atoms. The highest BCUT2D eigenvalue weighted by atomic mass is 35.5.